The normalized spacial score (nSPS) is 12.1. The molecule has 0 atom stereocenters. The number of hydrogen-bond donors (Lipinski definition) is 1. The first kappa shape index (κ1) is 19.7. The average molecular weight is 377 g/mol. The number of hydrogen-bond acceptors (Lipinski definition) is 5. The molecule has 0 radical (unpaired) electrons. The molecule has 1 N–H and O–H groups in total. The van der Waals surface area contributed by atoms with Gasteiger partial charge in [0, 0.05) is 11.9 Å². The van der Waals surface area contributed by atoms with E-state index in [1.807, 2.05) is 13.8 Å². The summed E-state index contributed by atoms with van der Waals surface area (Å²) in [5, 5.41) is 2.68. The standard InChI is InChI=1S/C19H20FNO4S/c1-13(2)14-4-10-17(11-5-14)26(23,24)18(19(22)25-3)12-21-16-8-6-15(20)7-9-16/h4-13,21H,1-3H3/b18-12+. The minimum Gasteiger partial charge on any atom is -0.465 e. The van der Waals surface area contributed by atoms with E-state index in [4.69, 9.17) is 0 Å². The number of nitrogens with one attached hydrogen (secondary N) is 1. The van der Waals surface area contributed by atoms with E-state index in [0.717, 1.165) is 18.9 Å². The Morgan fingerprint density at radius 2 is 1.65 bits per heavy atom. The summed E-state index contributed by atoms with van der Waals surface area (Å²) in [6.07, 6.45) is 1.05. The first-order valence-corrected chi connectivity index (χ1v) is 9.39. The van der Waals surface area contributed by atoms with Crippen LogP contribution in [0.4, 0.5) is 10.1 Å². The minimum absolute atomic E-state index is 0.0144. The second kappa shape index (κ2) is 8.14. The molecular weight excluding hydrogens is 357 g/mol. The van der Waals surface area contributed by atoms with Crippen LogP contribution in [-0.4, -0.2) is 21.5 Å². The predicted octanol–water partition coefficient (Wildman–Crippen LogP) is 3.85. The fourth-order valence-electron chi connectivity index (χ4n) is 2.20. The van der Waals surface area contributed by atoms with Crippen molar-refractivity contribution in [3.8, 4) is 0 Å². The molecule has 0 heterocycles. The van der Waals surface area contributed by atoms with Crippen LogP contribution in [0.5, 0.6) is 0 Å². The zero-order valence-corrected chi connectivity index (χ0v) is 15.5. The topological polar surface area (TPSA) is 72.5 Å². The maximum atomic E-state index is 13.0. The van der Waals surface area contributed by atoms with Crippen LogP contribution in [0.2, 0.25) is 0 Å². The van der Waals surface area contributed by atoms with Gasteiger partial charge >= 0.3 is 5.97 Å². The van der Waals surface area contributed by atoms with Crippen molar-refractivity contribution < 1.29 is 22.3 Å². The Morgan fingerprint density at radius 1 is 1.08 bits per heavy atom. The first-order valence-electron chi connectivity index (χ1n) is 7.91. The van der Waals surface area contributed by atoms with Crippen LogP contribution >= 0.6 is 0 Å². The molecule has 0 saturated carbocycles. The Kier molecular flexibility index (Phi) is 6.15. The summed E-state index contributed by atoms with van der Waals surface area (Å²) < 4.78 is 43.2. The lowest BCUT2D eigenvalue weighted by molar-refractivity contribution is -0.135. The molecule has 0 fully saturated rings. The monoisotopic (exact) mass is 377 g/mol. The van der Waals surface area contributed by atoms with Crippen LogP contribution in [0.1, 0.15) is 25.3 Å². The highest BCUT2D eigenvalue weighted by molar-refractivity contribution is 7.96. The molecule has 2 aromatic rings. The molecule has 2 rings (SSSR count). The van der Waals surface area contributed by atoms with Gasteiger partial charge in [-0.3, -0.25) is 0 Å². The van der Waals surface area contributed by atoms with Gasteiger partial charge in [0.05, 0.1) is 12.0 Å². The highest BCUT2D eigenvalue weighted by atomic mass is 32.2. The maximum absolute atomic E-state index is 13.0. The van der Waals surface area contributed by atoms with E-state index in [1.54, 1.807) is 12.1 Å². The van der Waals surface area contributed by atoms with Crippen LogP contribution in [-0.2, 0) is 19.4 Å². The third-order valence-electron chi connectivity index (χ3n) is 3.75. The van der Waals surface area contributed by atoms with Crippen molar-refractivity contribution in [2.75, 3.05) is 12.4 Å². The lowest BCUT2D eigenvalue weighted by atomic mass is 10.0. The van der Waals surface area contributed by atoms with Gasteiger partial charge in [-0.25, -0.2) is 17.6 Å². The molecule has 0 aliphatic carbocycles. The number of carbonyl (C=O) groups is 1. The number of rotatable bonds is 6. The number of benzene rings is 2. The summed E-state index contributed by atoms with van der Waals surface area (Å²) in [7, 11) is -2.98. The molecule has 138 valence electrons. The second-order valence-corrected chi connectivity index (χ2v) is 7.80. The summed E-state index contributed by atoms with van der Waals surface area (Å²) >= 11 is 0. The van der Waals surface area contributed by atoms with E-state index >= 15 is 0 Å². The molecule has 5 nitrogen and oxygen atoms in total. The summed E-state index contributed by atoms with van der Waals surface area (Å²) in [5.41, 5.74) is 1.41. The van der Waals surface area contributed by atoms with Crippen LogP contribution < -0.4 is 5.32 Å². The number of halogens is 1. The van der Waals surface area contributed by atoms with E-state index in [0.29, 0.717) is 5.69 Å². The second-order valence-electron chi connectivity index (χ2n) is 5.88. The predicted molar refractivity (Wildman–Crippen MR) is 97.8 cm³/mol. The number of esters is 1. The fourth-order valence-corrected chi connectivity index (χ4v) is 3.47. The van der Waals surface area contributed by atoms with Crippen molar-refractivity contribution in [1.82, 2.24) is 0 Å². The van der Waals surface area contributed by atoms with E-state index in [1.165, 1.54) is 36.4 Å². The number of methoxy groups -OCH3 is 1. The van der Waals surface area contributed by atoms with Gasteiger partial charge in [-0.15, -0.1) is 0 Å². The maximum Gasteiger partial charge on any atom is 0.351 e. The molecule has 0 unspecified atom stereocenters. The molecule has 0 aromatic heterocycles. The van der Waals surface area contributed by atoms with Crippen LogP contribution in [0, 0.1) is 5.82 Å². The van der Waals surface area contributed by atoms with Crippen LogP contribution in [0.15, 0.2) is 64.5 Å². The Morgan fingerprint density at radius 3 is 2.15 bits per heavy atom. The molecule has 0 amide bonds. The molecule has 0 bridgehead atoms. The summed E-state index contributed by atoms with van der Waals surface area (Å²) in [5.74, 6) is -1.17. The van der Waals surface area contributed by atoms with Crippen LogP contribution in [0.3, 0.4) is 0 Å². The van der Waals surface area contributed by atoms with Gasteiger partial charge in [0.25, 0.3) is 0 Å². The van der Waals surface area contributed by atoms with Crippen molar-refractivity contribution >= 4 is 21.5 Å². The number of sulfone groups is 1. The Balaban J connectivity index is 2.39. The molecule has 7 heteroatoms. The van der Waals surface area contributed by atoms with Gasteiger partial charge < -0.3 is 10.1 Å². The fraction of sp³-hybridized carbons (Fsp3) is 0.211. The van der Waals surface area contributed by atoms with Crippen molar-refractivity contribution in [3.63, 3.8) is 0 Å². The minimum atomic E-state index is -4.08. The Labute approximate surface area is 152 Å². The summed E-state index contributed by atoms with van der Waals surface area (Å²) in [6, 6.07) is 11.6. The SMILES string of the molecule is COC(=O)/C(=C\Nc1ccc(F)cc1)S(=O)(=O)c1ccc(C(C)C)cc1. The Bertz CT molecular complexity index is 902. The van der Waals surface area contributed by atoms with E-state index in [-0.39, 0.29) is 10.8 Å². The molecule has 0 aliphatic rings. The molecule has 0 spiro atoms. The van der Waals surface area contributed by atoms with Crippen LogP contribution in [0.25, 0.3) is 0 Å². The van der Waals surface area contributed by atoms with E-state index in [2.05, 4.69) is 10.1 Å². The molecule has 0 saturated heterocycles. The zero-order valence-electron chi connectivity index (χ0n) is 14.7. The quantitative estimate of drug-likeness (QED) is 0.611. The average Bonchev–Trinajstić information content (AvgIpc) is 2.63. The largest absolute Gasteiger partial charge is 0.465 e. The van der Waals surface area contributed by atoms with Gasteiger partial charge in [-0.05, 0) is 47.9 Å². The van der Waals surface area contributed by atoms with Gasteiger partial charge in [0.1, 0.15) is 5.82 Å². The zero-order chi connectivity index (χ0) is 19.3. The van der Waals surface area contributed by atoms with E-state index in [9.17, 15) is 17.6 Å². The number of ether oxygens (including phenoxy) is 1. The highest BCUT2D eigenvalue weighted by Crippen LogP contribution is 2.23. The van der Waals surface area contributed by atoms with Crippen molar-refractivity contribution in [1.29, 1.82) is 0 Å². The molecule has 26 heavy (non-hydrogen) atoms. The lowest BCUT2D eigenvalue weighted by Crippen LogP contribution is -2.17. The van der Waals surface area contributed by atoms with Crippen molar-refractivity contribution in [2.24, 2.45) is 0 Å². The molecular formula is C19H20FNO4S. The van der Waals surface area contributed by atoms with Gasteiger partial charge in [0.2, 0.25) is 9.84 Å². The lowest BCUT2D eigenvalue weighted by Gasteiger charge is -2.10. The highest BCUT2D eigenvalue weighted by Gasteiger charge is 2.28. The third kappa shape index (κ3) is 4.49. The summed E-state index contributed by atoms with van der Waals surface area (Å²) in [4.78, 5) is 11.5. The number of anilines is 1. The molecule has 0 aliphatic heterocycles. The molecule has 2 aromatic carbocycles. The first-order chi connectivity index (χ1) is 12.3. The smallest absolute Gasteiger partial charge is 0.351 e. The Hall–Kier alpha value is -2.67. The van der Waals surface area contributed by atoms with Crippen molar-refractivity contribution in [3.05, 3.63) is 71.0 Å². The van der Waals surface area contributed by atoms with Crippen molar-refractivity contribution in [2.45, 2.75) is 24.7 Å². The van der Waals surface area contributed by atoms with Gasteiger partial charge in [0.15, 0.2) is 4.91 Å². The third-order valence-corrected chi connectivity index (χ3v) is 5.50. The van der Waals surface area contributed by atoms with Gasteiger partial charge in [-0.2, -0.15) is 0 Å². The van der Waals surface area contributed by atoms with Gasteiger partial charge in [-0.1, -0.05) is 26.0 Å². The summed E-state index contributed by atoms with van der Waals surface area (Å²) in [6.45, 7) is 3.99. The number of carbonyl (C=O) groups excluding carboxylic acids is 1. The van der Waals surface area contributed by atoms with E-state index < -0.39 is 26.5 Å².